The maximum Gasteiger partial charge on any atom is 0.191 e. The third-order valence-corrected chi connectivity index (χ3v) is 4.18. The monoisotopic (exact) mass is 357 g/mol. The SMILES string of the molecule is CCNC(=NCc1ccc(C)c(OC)c1)NCCCn1nc(C)cc1C. The van der Waals surface area contributed by atoms with Gasteiger partial charge in [0.1, 0.15) is 5.75 Å². The van der Waals surface area contributed by atoms with Gasteiger partial charge in [-0.1, -0.05) is 12.1 Å². The number of aliphatic imine (C=N–C) groups is 1. The van der Waals surface area contributed by atoms with E-state index in [1.807, 2.05) is 19.9 Å². The molecule has 2 aromatic rings. The van der Waals surface area contributed by atoms with Gasteiger partial charge in [0.05, 0.1) is 19.3 Å². The molecular weight excluding hydrogens is 326 g/mol. The lowest BCUT2D eigenvalue weighted by Gasteiger charge is -2.12. The van der Waals surface area contributed by atoms with E-state index in [9.17, 15) is 0 Å². The average molecular weight is 358 g/mol. The van der Waals surface area contributed by atoms with Crippen LogP contribution >= 0.6 is 0 Å². The Bertz CT molecular complexity index is 736. The minimum atomic E-state index is 0.615. The van der Waals surface area contributed by atoms with Crippen LogP contribution in [0.4, 0.5) is 0 Å². The summed E-state index contributed by atoms with van der Waals surface area (Å²) in [6.45, 7) is 11.4. The van der Waals surface area contributed by atoms with Crippen LogP contribution in [0.1, 0.15) is 35.9 Å². The maximum atomic E-state index is 5.38. The van der Waals surface area contributed by atoms with E-state index in [1.165, 1.54) is 5.69 Å². The summed E-state index contributed by atoms with van der Waals surface area (Å²) < 4.78 is 7.44. The van der Waals surface area contributed by atoms with E-state index < -0.39 is 0 Å². The van der Waals surface area contributed by atoms with Crippen molar-refractivity contribution in [2.24, 2.45) is 4.99 Å². The lowest BCUT2D eigenvalue weighted by Crippen LogP contribution is -2.38. The molecule has 0 radical (unpaired) electrons. The highest BCUT2D eigenvalue weighted by atomic mass is 16.5. The number of guanidine groups is 1. The number of methoxy groups -OCH3 is 1. The van der Waals surface area contributed by atoms with Crippen molar-refractivity contribution < 1.29 is 4.74 Å². The van der Waals surface area contributed by atoms with Gasteiger partial charge in [0.25, 0.3) is 0 Å². The van der Waals surface area contributed by atoms with Gasteiger partial charge >= 0.3 is 0 Å². The van der Waals surface area contributed by atoms with Gasteiger partial charge in [-0.2, -0.15) is 5.10 Å². The molecule has 2 rings (SSSR count). The molecule has 26 heavy (non-hydrogen) atoms. The van der Waals surface area contributed by atoms with Crippen molar-refractivity contribution in [1.29, 1.82) is 0 Å². The van der Waals surface area contributed by atoms with Crippen molar-refractivity contribution >= 4 is 5.96 Å². The summed E-state index contributed by atoms with van der Waals surface area (Å²) in [6.07, 6.45) is 0.991. The fourth-order valence-electron chi connectivity index (χ4n) is 2.81. The summed E-state index contributed by atoms with van der Waals surface area (Å²) in [5.41, 5.74) is 4.54. The first kappa shape index (κ1) is 19.8. The minimum Gasteiger partial charge on any atom is -0.496 e. The van der Waals surface area contributed by atoms with E-state index in [2.05, 4.69) is 57.5 Å². The van der Waals surface area contributed by atoms with Crippen LogP contribution in [0.15, 0.2) is 29.3 Å². The Morgan fingerprint density at radius 2 is 2.00 bits per heavy atom. The van der Waals surface area contributed by atoms with Crippen molar-refractivity contribution in [3.63, 3.8) is 0 Å². The quantitative estimate of drug-likeness (QED) is 0.433. The molecule has 0 atom stereocenters. The molecule has 6 heteroatoms. The van der Waals surface area contributed by atoms with E-state index in [4.69, 9.17) is 4.74 Å². The zero-order valence-electron chi connectivity index (χ0n) is 16.6. The van der Waals surface area contributed by atoms with Crippen LogP contribution in [-0.2, 0) is 13.1 Å². The third-order valence-electron chi connectivity index (χ3n) is 4.18. The van der Waals surface area contributed by atoms with Crippen molar-refractivity contribution in [3.8, 4) is 5.75 Å². The summed E-state index contributed by atoms with van der Waals surface area (Å²) in [5, 5.41) is 11.2. The zero-order chi connectivity index (χ0) is 18.9. The number of nitrogens with zero attached hydrogens (tertiary/aromatic N) is 3. The molecule has 0 aliphatic rings. The summed E-state index contributed by atoms with van der Waals surface area (Å²) in [6, 6.07) is 8.31. The van der Waals surface area contributed by atoms with Gasteiger partial charge in [-0.05, 0) is 57.4 Å². The second-order valence-corrected chi connectivity index (χ2v) is 6.43. The topological polar surface area (TPSA) is 63.5 Å². The van der Waals surface area contributed by atoms with Crippen LogP contribution < -0.4 is 15.4 Å². The second kappa shape index (κ2) is 9.85. The Balaban J connectivity index is 1.87. The van der Waals surface area contributed by atoms with Gasteiger partial charge in [-0.3, -0.25) is 4.68 Å². The minimum absolute atomic E-state index is 0.615. The lowest BCUT2D eigenvalue weighted by molar-refractivity contribution is 0.411. The molecule has 0 spiro atoms. The zero-order valence-corrected chi connectivity index (χ0v) is 16.6. The smallest absolute Gasteiger partial charge is 0.191 e. The normalized spacial score (nSPS) is 11.5. The highest BCUT2D eigenvalue weighted by Gasteiger charge is 2.03. The van der Waals surface area contributed by atoms with Crippen molar-refractivity contribution in [2.75, 3.05) is 20.2 Å². The summed E-state index contributed by atoms with van der Waals surface area (Å²) in [7, 11) is 1.70. The predicted octanol–water partition coefficient (Wildman–Crippen LogP) is 2.96. The standard InChI is InChI=1S/C20H31N5O/c1-6-21-20(22-10-7-11-25-17(4)12-16(3)24-25)23-14-18-9-8-15(2)19(13-18)26-5/h8-9,12-13H,6-7,10-11,14H2,1-5H3,(H2,21,22,23). The fraction of sp³-hybridized carbons (Fsp3) is 0.500. The second-order valence-electron chi connectivity index (χ2n) is 6.43. The molecule has 0 bridgehead atoms. The first-order chi connectivity index (χ1) is 12.5. The lowest BCUT2D eigenvalue weighted by atomic mass is 10.1. The molecule has 0 aliphatic heterocycles. The number of aromatic nitrogens is 2. The highest BCUT2D eigenvalue weighted by molar-refractivity contribution is 5.79. The third kappa shape index (κ3) is 5.79. The molecule has 0 fully saturated rings. The molecule has 1 aromatic heterocycles. The molecule has 0 aliphatic carbocycles. The maximum absolute atomic E-state index is 5.38. The van der Waals surface area contributed by atoms with Crippen LogP contribution in [0.5, 0.6) is 5.75 Å². The Morgan fingerprint density at radius 3 is 2.65 bits per heavy atom. The summed E-state index contributed by atoms with van der Waals surface area (Å²) >= 11 is 0. The van der Waals surface area contributed by atoms with Gasteiger partial charge in [-0.25, -0.2) is 4.99 Å². The first-order valence-electron chi connectivity index (χ1n) is 9.20. The van der Waals surface area contributed by atoms with E-state index >= 15 is 0 Å². The Labute approximate surface area is 156 Å². The molecule has 142 valence electrons. The molecule has 2 N–H and O–H groups in total. The number of rotatable bonds is 8. The van der Waals surface area contributed by atoms with Crippen molar-refractivity contribution in [3.05, 3.63) is 46.8 Å². The van der Waals surface area contributed by atoms with Gasteiger partial charge in [0.15, 0.2) is 5.96 Å². The Hall–Kier alpha value is -2.50. The number of nitrogens with one attached hydrogen (secondary N) is 2. The molecular formula is C20H31N5O. The largest absolute Gasteiger partial charge is 0.496 e. The number of hydrogen-bond acceptors (Lipinski definition) is 3. The molecule has 0 unspecified atom stereocenters. The molecule has 6 nitrogen and oxygen atoms in total. The number of ether oxygens (including phenoxy) is 1. The number of benzene rings is 1. The van der Waals surface area contributed by atoms with Crippen LogP contribution in [-0.4, -0.2) is 35.9 Å². The highest BCUT2D eigenvalue weighted by Crippen LogP contribution is 2.19. The van der Waals surface area contributed by atoms with Gasteiger partial charge in [0.2, 0.25) is 0 Å². The number of aryl methyl sites for hydroxylation is 4. The van der Waals surface area contributed by atoms with Crippen LogP contribution in [0.25, 0.3) is 0 Å². The van der Waals surface area contributed by atoms with E-state index in [-0.39, 0.29) is 0 Å². The van der Waals surface area contributed by atoms with Crippen molar-refractivity contribution in [2.45, 2.75) is 47.2 Å². The van der Waals surface area contributed by atoms with E-state index in [0.717, 1.165) is 54.6 Å². The summed E-state index contributed by atoms with van der Waals surface area (Å²) in [4.78, 5) is 4.67. The van der Waals surface area contributed by atoms with Crippen LogP contribution in [0.2, 0.25) is 0 Å². The number of hydrogen-bond donors (Lipinski definition) is 2. The van der Waals surface area contributed by atoms with E-state index in [0.29, 0.717) is 6.54 Å². The van der Waals surface area contributed by atoms with Crippen molar-refractivity contribution in [1.82, 2.24) is 20.4 Å². The van der Waals surface area contributed by atoms with Crippen LogP contribution in [0.3, 0.4) is 0 Å². The average Bonchev–Trinajstić information content (AvgIpc) is 2.94. The molecule has 1 aromatic carbocycles. The summed E-state index contributed by atoms with van der Waals surface area (Å²) in [5.74, 6) is 1.74. The van der Waals surface area contributed by atoms with Gasteiger partial charge < -0.3 is 15.4 Å². The molecule has 0 saturated heterocycles. The molecule has 0 saturated carbocycles. The van der Waals surface area contributed by atoms with E-state index in [1.54, 1.807) is 7.11 Å². The van der Waals surface area contributed by atoms with Gasteiger partial charge in [-0.15, -0.1) is 0 Å². The Morgan fingerprint density at radius 1 is 1.19 bits per heavy atom. The Kier molecular flexibility index (Phi) is 7.51. The first-order valence-corrected chi connectivity index (χ1v) is 9.20. The van der Waals surface area contributed by atoms with Crippen LogP contribution in [0, 0.1) is 20.8 Å². The molecule has 1 heterocycles. The molecule has 0 amide bonds. The van der Waals surface area contributed by atoms with Gasteiger partial charge in [0, 0.05) is 25.3 Å². The predicted molar refractivity (Wildman–Crippen MR) is 107 cm³/mol. The fourth-order valence-corrected chi connectivity index (χ4v) is 2.81.